The van der Waals surface area contributed by atoms with Gasteiger partial charge in [-0.05, 0) is 20.8 Å². The molecule has 1 aromatic rings. The maximum Gasteiger partial charge on any atom is 0.307 e. The molecular weight excluding hydrogens is 238 g/mol. The molecule has 1 heterocycles. The SMILES string of the molecule is CCOc1cnc(C(=O)NCC(C)(C)C(N)=O)o1. The number of nitrogens with one attached hydrogen (secondary N) is 1. The van der Waals surface area contributed by atoms with Gasteiger partial charge in [-0.25, -0.2) is 4.98 Å². The number of hydrogen-bond donors (Lipinski definition) is 2. The van der Waals surface area contributed by atoms with E-state index in [1.165, 1.54) is 6.20 Å². The number of nitrogens with zero attached hydrogens (tertiary/aromatic N) is 1. The van der Waals surface area contributed by atoms with Gasteiger partial charge in [-0.3, -0.25) is 9.59 Å². The quantitative estimate of drug-likeness (QED) is 0.760. The number of carbonyl (C=O) groups excluding carboxylic acids is 2. The number of rotatable bonds is 6. The molecule has 7 nitrogen and oxygen atoms in total. The molecular formula is C11H17N3O4. The lowest BCUT2D eigenvalue weighted by molar-refractivity contribution is -0.125. The summed E-state index contributed by atoms with van der Waals surface area (Å²) in [6, 6.07) is 0. The van der Waals surface area contributed by atoms with E-state index in [0.717, 1.165) is 0 Å². The molecule has 0 atom stereocenters. The zero-order chi connectivity index (χ0) is 13.8. The average molecular weight is 255 g/mol. The fourth-order valence-electron chi connectivity index (χ4n) is 1.04. The highest BCUT2D eigenvalue weighted by atomic mass is 16.6. The number of primary amides is 1. The highest BCUT2D eigenvalue weighted by Crippen LogP contribution is 2.14. The van der Waals surface area contributed by atoms with Crippen LogP contribution in [0.4, 0.5) is 0 Å². The van der Waals surface area contributed by atoms with E-state index in [0.29, 0.717) is 6.61 Å². The highest BCUT2D eigenvalue weighted by molar-refractivity contribution is 5.90. The van der Waals surface area contributed by atoms with Crippen molar-refractivity contribution in [2.24, 2.45) is 11.1 Å². The van der Waals surface area contributed by atoms with Crippen molar-refractivity contribution in [3.05, 3.63) is 12.1 Å². The van der Waals surface area contributed by atoms with Gasteiger partial charge >= 0.3 is 11.9 Å². The van der Waals surface area contributed by atoms with Crippen molar-refractivity contribution in [2.75, 3.05) is 13.2 Å². The molecule has 3 N–H and O–H groups in total. The van der Waals surface area contributed by atoms with Crippen LogP contribution < -0.4 is 15.8 Å². The first kappa shape index (κ1) is 14.0. The summed E-state index contributed by atoms with van der Waals surface area (Å²) in [5.41, 5.74) is 4.36. The molecule has 0 aliphatic rings. The van der Waals surface area contributed by atoms with Gasteiger partial charge < -0.3 is 20.2 Å². The monoisotopic (exact) mass is 255 g/mol. The van der Waals surface area contributed by atoms with E-state index >= 15 is 0 Å². The third kappa shape index (κ3) is 3.47. The molecule has 7 heteroatoms. The molecule has 0 radical (unpaired) electrons. The van der Waals surface area contributed by atoms with Crippen molar-refractivity contribution in [1.82, 2.24) is 10.3 Å². The molecule has 1 aromatic heterocycles. The fraction of sp³-hybridized carbons (Fsp3) is 0.545. The van der Waals surface area contributed by atoms with Crippen molar-refractivity contribution < 1.29 is 18.7 Å². The first-order valence-corrected chi connectivity index (χ1v) is 5.53. The highest BCUT2D eigenvalue weighted by Gasteiger charge is 2.26. The molecule has 2 amide bonds. The molecule has 0 aliphatic heterocycles. The number of amides is 2. The Morgan fingerprint density at radius 3 is 2.78 bits per heavy atom. The summed E-state index contributed by atoms with van der Waals surface area (Å²) in [6.07, 6.45) is 1.32. The van der Waals surface area contributed by atoms with Crippen molar-refractivity contribution in [3.63, 3.8) is 0 Å². The van der Waals surface area contributed by atoms with Gasteiger partial charge in [-0.1, -0.05) is 0 Å². The van der Waals surface area contributed by atoms with Gasteiger partial charge in [0, 0.05) is 6.54 Å². The minimum atomic E-state index is -0.828. The molecule has 0 fully saturated rings. The smallest absolute Gasteiger partial charge is 0.307 e. The number of aromatic nitrogens is 1. The maximum absolute atomic E-state index is 11.7. The van der Waals surface area contributed by atoms with Gasteiger partial charge in [-0.15, -0.1) is 0 Å². The summed E-state index contributed by atoms with van der Waals surface area (Å²) < 4.78 is 10.1. The van der Waals surface area contributed by atoms with Crippen LogP contribution in [0.1, 0.15) is 31.5 Å². The first-order chi connectivity index (χ1) is 8.36. The number of nitrogens with two attached hydrogens (primary N) is 1. The van der Waals surface area contributed by atoms with Gasteiger partial charge in [0.05, 0.1) is 12.0 Å². The van der Waals surface area contributed by atoms with Gasteiger partial charge in [0.1, 0.15) is 6.20 Å². The molecule has 0 saturated heterocycles. The maximum atomic E-state index is 11.7. The summed E-state index contributed by atoms with van der Waals surface area (Å²) in [5.74, 6) is -0.948. The summed E-state index contributed by atoms with van der Waals surface area (Å²) in [7, 11) is 0. The van der Waals surface area contributed by atoms with E-state index in [-0.39, 0.29) is 18.4 Å². The van der Waals surface area contributed by atoms with Crippen LogP contribution in [0.15, 0.2) is 10.6 Å². The molecule has 0 saturated carbocycles. The minimum Gasteiger partial charge on any atom is -0.464 e. The summed E-state index contributed by atoms with van der Waals surface area (Å²) in [4.78, 5) is 26.5. The van der Waals surface area contributed by atoms with Gasteiger partial charge in [-0.2, -0.15) is 0 Å². The Labute approximate surface area is 105 Å². The topological polar surface area (TPSA) is 107 Å². The third-order valence-electron chi connectivity index (χ3n) is 2.32. The Morgan fingerprint density at radius 1 is 1.56 bits per heavy atom. The van der Waals surface area contributed by atoms with Crippen LogP contribution in [0.3, 0.4) is 0 Å². The predicted octanol–water partition coefficient (Wildman–Crippen LogP) is 0.315. The Kier molecular flexibility index (Phi) is 4.30. The van der Waals surface area contributed by atoms with Crippen LogP contribution in [0.2, 0.25) is 0 Å². The third-order valence-corrected chi connectivity index (χ3v) is 2.32. The zero-order valence-electron chi connectivity index (χ0n) is 10.6. The van der Waals surface area contributed by atoms with Crippen LogP contribution in [0.25, 0.3) is 0 Å². The van der Waals surface area contributed by atoms with E-state index < -0.39 is 17.2 Å². The van der Waals surface area contributed by atoms with Crippen molar-refractivity contribution in [2.45, 2.75) is 20.8 Å². The van der Waals surface area contributed by atoms with E-state index in [4.69, 9.17) is 14.9 Å². The second-order valence-corrected chi connectivity index (χ2v) is 4.35. The summed E-state index contributed by atoms with van der Waals surface area (Å²) in [6.45, 7) is 5.59. The van der Waals surface area contributed by atoms with Gasteiger partial charge in [0.15, 0.2) is 0 Å². The van der Waals surface area contributed by atoms with Crippen molar-refractivity contribution in [3.8, 4) is 5.95 Å². The second kappa shape index (κ2) is 5.52. The number of carbonyl (C=O) groups is 2. The van der Waals surface area contributed by atoms with E-state index in [1.54, 1.807) is 20.8 Å². The van der Waals surface area contributed by atoms with Crippen LogP contribution >= 0.6 is 0 Å². The largest absolute Gasteiger partial charge is 0.464 e. The van der Waals surface area contributed by atoms with Crippen molar-refractivity contribution >= 4 is 11.8 Å². The lowest BCUT2D eigenvalue weighted by atomic mass is 9.93. The summed E-state index contributed by atoms with van der Waals surface area (Å²) >= 11 is 0. The van der Waals surface area contributed by atoms with Crippen molar-refractivity contribution in [1.29, 1.82) is 0 Å². The average Bonchev–Trinajstić information content (AvgIpc) is 2.75. The zero-order valence-corrected chi connectivity index (χ0v) is 10.6. The van der Waals surface area contributed by atoms with Crippen LogP contribution in [-0.4, -0.2) is 29.9 Å². The molecule has 0 unspecified atom stereocenters. The van der Waals surface area contributed by atoms with Crippen LogP contribution in [-0.2, 0) is 4.79 Å². The van der Waals surface area contributed by atoms with Gasteiger partial charge in [0.2, 0.25) is 5.91 Å². The molecule has 1 rings (SSSR count). The molecule has 0 aliphatic carbocycles. The Balaban J connectivity index is 2.57. The molecule has 0 aromatic carbocycles. The number of ether oxygens (including phenoxy) is 1. The summed E-state index contributed by atoms with van der Waals surface area (Å²) in [5, 5.41) is 2.52. The first-order valence-electron chi connectivity index (χ1n) is 5.53. The van der Waals surface area contributed by atoms with Crippen LogP contribution in [0, 0.1) is 5.41 Å². The predicted molar refractivity (Wildman–Crippen MR) is 63.0 cm³/mol. The lowest BCUT2D eigenvalue weighted by Gasteiger charge is -2.19. The number of oxazole rings is 1. The molecule has 100 valence electrons. The Morgan fingerprint density at radius 2 is 2.22 bits per heavy atom. The van der Waals surface area contributed by atoms with E-state index in [1.807, 2.05) is 0 Å². The lowest BCUT2D eigenvalue weighted by Crippen LogP contribution is -2.42. The van der Waals surface area contributed by atoms with E-state index in [2.05, 4.69) is 10.3 Å². The number of hydrogen-bond acceptors (Lipinski definition) is 5. The van der Waals surface area contributed by atoms with E-state index in [9.17, 15) is 9.59 Å². The molecule has 0 spiro atoms. The van der Waals surface area contributed by atoms with Crippen LogP contribution in [0.5, 0.6) is 5.95 Å². The minimum absolute atomic E-state index is 0.105. The Hall–Kier alpha value is -2.05. The van der Waals surface area contributed by atoms with Gasteiger partial charge in [0.25, 0.3) is 5.89 Å². The standard InChI is InChI=1S/C11H17N3O4/c1-4-17-7-5-13-9(18-7)8(15)14-6-11(2,3)10(12)16/h5H,4,6H2,1-3H3,(H2,12,16)(H,14,15). The fourth-order valence-corrected chi connectivity index (χ4v) is 1.04. The Bertz CT molecular complexity index is 439. The normalized spacial score (nSPS) is 11.1. The second-order valence-electron chi connectivity index (χ2n) is 4.35. The molecule has 0 bridgehead atoms. The molecule has 18 heavy (non-hydrogen) atoms.